The number of oxazole rings is 1. The van der Waals surface area contributed by atoms with Gasteiger partial charge in [0.25, 0.3) is 0 Å². The van der Waals surface area contributed by atoms with Crippen molar-refractivity contribution in [1.29, 1.82) is 0 Å². The predicted molar refractivity (Wildman–Crippen MR) is 87.9 cm³/mol. The van der Waals surface area contributed by atoms with Crippen molar-refractivity contribution in [3.8, 4) is 0 Å². The molecule has 2 amide bonds. The lowest BCUT2D eigenvalue weighted by Gasteiger charge is -2.07. The maximum absolute atomic E-state index is 12.1. The fraction of sp³-hybridized carbons (Fsp3) is 0.312. The quantitative estimate of drug-likeness (QED) is 0.680. The van der Waals surface area contributed by atoms with Gasteiger partial charge in [-0.05, 0) is 43.0 Å². The van der Waals surface area contributed by atoms with E-state index in [1.165, 1.54) is 15.8 Å². The standard InChI is InChI=1S/C16H17N5O3/c1-21-13-7-9(5-6-14(13)24-16(21)23)18-15(22)17-8-12-10-3-2-4-11(10)19-20-12/h5-7H,2-4,8H2,1H3,(H,19,20)(H2,17,18,22). The maximum Gasteiger partial charge on any atom is 0.419 e. The minimum Gasteiger partial charge on any atom is -0.408 e. The second kappa shape index (κ2) is 5.55. The lowest BCUT2D eigenvalue weighted by molar-refractivity contribution is 0.251. The third-order valence-corrected chi connectivity index (χ3v) is 4.36. The fourth-order valence-electron chi connectivity index (χ4n) is 3.08. The summed E-state index contributed by atoms with van der Waals surface area (Å²) < 4.78 is 6.46. The summed E-state index contributed by atoms with van der Waals surface area (Å²) in [5, 5.41) is 12.8. The number of hydrogen-bond donors (Lipinski definition) is 3. The van der Waals surface area contributed by atoms with Gasteiger partial charge in [-0.25, -0.2) is 9.59 Å². The van der Waals surface area contributed by atoms with Crippen LogP contribution in [0.25, 0.3) is 11.1 Å². The molecule has 0 saturated heterocycles. The first-order valence-corrected chi connectivity index (χ1v) is 7.81. The van der Waals surface area contributed by atoms with Crippen LogP contribution in [0.3, 0.4) is 0 Å². The first kappa shape index (κ1) is 14.6. The molecule has 24 heavy (non-hydrogen) atoms. The molecule has 0 spiro atoms. The molecule has 0 saturated carbocycles. The summed E-state index contributed by atoms with van der Waals surface area (Å²) >= 11 is 0. The van der Waals surface area contributed by atoms with Crippen LogP contribution in [0.5, 0.6) is 0 Å². The fourth-order valence-corrected chi connectivity index (χ4v) is 3.08. The van der Waals surface area contributed by atoms with Crippen LogP contribution in [0.4, 0.5) is 10.5 Å². The second-order valence-electron chi connectivity index (χ2n) is 5.90. The van der Waals surface area contributed by atoms with Gasteiger partial charge in [0.1, 0.15) is 0 Å². The first-order chi connectivity index (χ1) is 11.6. The molecule has 124 valence electrons. The Morgan fingerprint density at radius 1 is 1.42 bits per heavy atom. The van der Waals surface area contributed by atoms with Crippen LogP contribution < -0.4 is 16.4 Å². The van der Waals surface area contributed by atoms with Gasteiger partial charge in [0, 0.05) is 18.4 Å². The third kappa shape index (κ3) is 2.45. The van der Waals surface area contributed by atoms with Crippen LogP contribution in [-0.4, -0.2) is 20.8 Å². The first-order valence-electron chi connectivity index (χ1n) is 7.81. The Balaban J connectivity index is 1.44. The Bertz CT molecular complexity index is 981. The smallest absolute Gasteiger partial charge is 0.408 e. The number of anilines is 1. The Kier molecular flexibility index (Phi) is 3.37. The Morgan fingerprint density at radius 3 is 3.17 bits per heavy atom. The van der Waals surface area contributed by atoms with Crippen molar-refractivity contribution in [2.75, 3.05) is 5.32 Å². The minimum absolute atomic E-state index is 0.322. The second-order valence-corrected chi connectivity index (χ2v) is 5.90. The monoisotopic (exact) mass is 327 g/mol. The van der Waals surface area contributed by atoms with E-state index < -0.39 is 5.76 Å². The Morgan fingerprint density at radius 2 is 2.29 bits per heavy atom. The number of urea groups is 1. The zero-order valence-electron chi connectivity index (χ0n) is 13.2. The molecule has 1 aliphatic carbocycles. The van der Waals surface area contributed by atoms with Crippen molar-refractivity contribution in [2.24, 2.45) is 7.05 Å². The van der Waals surface area contributed by atoms with E-state index in [4.69, 9.17) is 4.42 Å². The van der Waals surface area contributed by atoms with Crippen LogP contribution in [0.2, 0.25) is 0 Å². The summed E-state index contributed by atoms with van der Waals surface area (Å²) in [7, 11) is 1.62. The minimum atomic E-state index is -0.431. The zero-order valence-corrected chi connectivity index (χ0v) is 13.2. The number of rotatable bonds is 3. The van der Waals surface area contributed by atoms with E-state index in [1.807, 2.05) is 0 Å². The van der Waals surface area contributed by atoms with E-state index in [0.29, 0.717) is 23.3 Å². The van der Waals surface area contributed by atoms with Gasteiger partial charge in [0.2, 0.25) is 0 Å². The SMILES string of the molecule is Cn1c(=O)oc2ccc(NC(=O)NCc3n[nH]c4c3CCC4)cc21. The van der Waals surface area contributed by atoms with Crippen molar-refractivity contribution in [3.05, 3.63) is 45.7 Å². The molecule has 2 aromatic heterocycles. The molecule has 8 heteroatoms. The molecule has 0 fully saturated rings. The summed E-state index contributed by atoms with van der Waals surface area (Å²) in [5.41, 5.74) is 5.00. The summed E-state index contributed by atoms with van der Waals surface area (Å²) in [5.74, 6) is -0.431. The van der Waals surface area contributed by atoms with Gasteiger partial charge >= 0.3 is 11.8 Å². The van der Waals surface area contributed by atoms with Crippen molar-refractivity contribution in [2.45, 2.75) is 25.8 Å². The Hall–Kier alpha value is -3.03. The zero-order chi connectivity index (χ0) is 16.7. The van der Waals surface area contributed by atoms with E-state index in [2.05, 4.69) is 20.8 Å². The van der Waals surface area contributed by atoms with Gasteiger partial charge in [0.05, 0.1) is 17.8 Å². The molecule has 1 aromatic carbocycles. The molecule has 3 aromatic rings. The van der Waals surface area contributed by atoms with Gasteiger partial charge in [0.15, 0.2) is 5.58 Å². The number of H-pyrrole nitrogens is 1. The number of nitrogens with one attached hydrogen (secondary N) is 3. The van der Waals surface area contributed by atoms with Gasteiger partial charge < -0.3 is 15.1 Å². The van der Waals surface area contributed by atoms with E-state index in [9.17, 15) is 9.59 Å². The third-order valence-electron chi connectivity index (χ3n) is 4.36. The molecule has 4 rings (SSSR count). The van der Waals surface area contributed by atoms with Gasteiger partial charge in [-0.1, -0.05) is 0 Å². The van der Waals surface area contributed by atoms with E-state index in [1.54, 1.807) is 25.2 Å². The highest BCUT2D eigenvalue weighted by Crippen LogP contribution is 2.22. The molecule has 0 unspecified atom stereocenters. The average molecular weight is 327 g/mol. The van der Waals surface area contributed by atoms with Crippen LogP contribution in [0, 0.1) is 0 Å². The molecule has 0 aliphatic heterocycles. The van der Waals surface area contributed by atoms with E-state index in [-0.39, 0.29) is 6.03 Å². The molecule has 1 aliphatic rings. The van der Waals surface area contributed by atoms with E-state index in [0.717, 1.165) is 25.0 Å². The molecule has 0 radical (unpaired) electrons. The van der Waals surface area contributed by atoms with Crippen molar-refractivity contribution in [1.82, 2.24) is 20.1 Å². The number of aromatic amines is 1. The highest BCUT2D eigenvalue weighted by Gasteiger charge is 2.18. The molecular weight excluding hydrogens is 310 g/mol. The number of amides is 2. The number of nitrogens with zero attached hydrogens (tertiary/aromatic N) is 2. The number of fused-ring (bicyclic) bond motifs is 2. The van der Waals surface area contributed by atoms with Crippen LogP contribution in [0.1, 0.15) is 23.4 Å². The lowest BCUT2D eigenvalue weighted by Crippen LogP contribution is -2.28. The van der Waals surface area contributed by atoms with Crippen molar-refractivity contribution in [3.63, 3.8) is 0 Å². The Labute approximate surface area is 136 Å². The van der Waals surface area contributed by atoms with Crippen LogP contribution in [0.15, 0.2) is 27.4 Å². The molecule has 0 bridgehead atoms. The number of benzene rings is 1. The van der Waals surface area contributed by atoms with Crippen molar-refractivity contribution < 1.29 is 9.21 Å². The summed E-state index contributed by atoms with van der Waals surface area (Å²) in [4.78, 5) is 23.6. The predicted octanol–water partition coefficient (Wildman–Crippen LogP) is 1.66. The highest BCUT2D eigenvalue weighted by molar-refractivity contribution is 5.91. The molecule has 2 heterocycles. The number of carbonyl (C=O) groups is 1. The maximum atomic E-state index is 12.1. The normalized spacial score (nSPS) is 13.2. The average Bonchev–Trinajstić information content (AvgIpc) is 3.23. The topological polar surface area (TPSA) is 105 Å². The van der Waals surface area contributed by atoms with Crippen LogP contribution in [-0.2, 0) is 26.4 Å². The van der Waals surface area contributed by atoms with Gasteiger partial charge in [-0.2, -0.15) is 5.10 Å². The lowest BCUT2D eigenvalue weighted by atomic mass is 10.2. The summed E-state index contributed by atoms with van der Waals surface area (Å²) in [6, 6.07) is 4.73. The number of aryl methyl sites for hydroxylation is 2. The molecule has 0 atom stereocenters. The molecular formula is C16H17N5O3. The number of hydrogen-bond acceptors (Lipinski definition) is 4. The van der Waals surface area contributed by atoms with Crippen molar-refractivity contribution >= 4 is 22.8 Å². The molecule has 8 nitrogen and oxygen atoms in total. The highest BCUT2D eigenvalue weighted by atomic mass is 16.4. The number of carbonyl (C=O) groups excluding carboxylic acids is 1. The molecule has 3 N–H and O–H groups in total. The van der Waals surface area contributed by atoms with Gasteiger partial charge in [-0.15, -0.1) is 0 Å². The van der Waals surface area contributed by atoms with E-state index >= 15 is 0 Å². The summed E-state index contributed by atoms with van der Waals surface area (Å²) in [6.45, 7) is 0.379. The summed E-state index contributed by atoms with van der Waals surface area (Å²) in [6.07, 6.45) is 3.17. The largest absolute Gasteiger partial charge is 0.419 e. The van der Waals surface area contributed by atoms with Gasteiger partial charge in [-0.3, -0.25) is 9.67 Å². The number of aromatic nitrogens is 3. The van der Waals surface area contributed by atoms with Crippen LogP contribution >= 0.6 is 0 Å².